The molecule has 0 aliphatic heterocycles. The number of nitrogens with two attached hydrogens (primary N) is 1. The lowest BCUT2D eigenvalue weighted by molar-refractivity contribution is 0.691. The number of rotatable bonds is 17. The predicted octanol–water partition coefficient (Wildman–Crippen LogP) is 9.86. The fourth-order valence-electron chi connectivity index (χ4n) is 9.22. The molecule has 2 N–H and O–H groups in total. The van der Waals surface area contributed by atoms with E-state index < -0.39 is 23.6 Å². The zero-order valence-corrected chi connectivity index (χ0v) is 32.0. The van der Waals surface area contributed by atoms with E-state index >= 15 is 0 Å². The average molecular weight is 645 g/mol. The summed E-state index contributed by atoms with van der Waals surface area (Å²) in [5, 5.41) is 6.33. The average Bonchev–Trinajstić information content (AvgIpc) is 3.05. The molecule has 0 saturated heterocycles. The van der Waals surface area contributed by atoms with E-state index in [0.717, 1.165) is 12.8 Å². The third-order valence-corrected chi connectivity index (χ3v) is 26.7. The Hall–Kier alpha value is -1.52. The summed E-state index contributed by atoms with van der Waals surface area (Å²) < 4.78 is 0. The molecule has 3 aromatic rings. The number of hydrogen-bond donors (Lipinski definition) is 1. The second-order valence-electron chi connectivity index (χ2n) is 14.1. The van der Waals surface area contributed by atoms with Crippen LogP contribution in [0.1, 0.15) is 97.6 Å². The van der Waals surface area contributed by atoms with Crippen molar-refractivity contribution in [2.24, 2.45) is 5.50 Å². The highest BCUT2D eigenvalue weighted by atomic mass is 31.2. The molecule has 0 bridgehead atoms. The van der Waals surface area contributed by atoms with Gasteiger partial charge in [0, 0.05) is 6.42 Å². The SMILES string of the molecule is CCC[Si](CCC)(CCC)c1cccc([P+](N)(c2cccc([Si](CCC)(CCC)CCC)c2)C2CCc3ccccc3C2)c1. The third kappa shape index (κ3) is 7.38. The van der Waals surface area contributed by atoms with Crippen LogP contribution in [0.5, 0.6) is 0 Å². The topological polar surface area (TPSA) is 26.0 Å². The molecule has 1 aliphatic rings. The molecule has 44 heavy (non-hydrogen) atoms. The smallest absolute Gasteiger partial charge is 0.146 e. The van der Waals surface area contributed by atoms with E-state index in [4.69, 9.17) is 5.50 Å². The number of fused-ring (bicyclic) bond motifs is 1. The van der Waals surface area contributed by atoms with Crippen molar-refractivity contribution >= 4 is 44.5 Å². The van der Waals surface area contributed by atoms with Gasteiger partial charge in [0.1, 0.15) is 18.0 Å². The van der Waals surface area contributed by atoms with Crippen LogP contribution in [-0.4, -0.2) is 21.8 Å². The molecule has 0 saturated carbocycles. The van der Waals surface area contributed by atoms with Crippen molar-refractivity contribution in [2.75, 3.05) is 0 Å². The van der Waals surface area contributed by atoms with Crippen LogP contribution in [0.3, 0.4) is 0 Å². The molecular formula is C40H63NPSi2+. The Bertz CT molecular complexity index is 1220. The fraction of sp³-hybridized carbons (Fsp3) is 0.550. The molecule has 0 radical (unpaired) electrons. The lowest BCUT2D eigenvalue weighted by Crippen LogP contribution is -2.51. The minimum atomic E-state index is -2.17. The molecule has 1 unspecified atom stereocenters. The lowest BCUT2D eigenvalue weighted by Gasteiger charge is -2.37. The van der Waals surface area contributed by atoms with E-state index in [1.165, 1.54) is 97.4 Å². The van der Waals surface area contributed by atoms with Gasteiger partial charge in [0.25, 0.3) is 0 Å². The number of aryl methyl sites for hydroxylation is 1. The van der Waals surface area contributed by atoms with Gasteiger partial charge in [-0.3, -0.25) is 0 Å². The molecule has 0 heterocycles. The summed E-state index contributed by atoms with van der Waals surface area (Å²) in [5.74, 6) is 0. The molecule has 4 rings (SSSR count). The first-order chi connectivity index (χ1) is 21.4. The van der Waals surface area contributed by atoms with Crippen LogP contribution in [0.4, 0.5) is 0 Å². The summed E-state index contributed by atoms with van der Waals surface area (Å²) in [5.41, 5.74) is 11.7. The summed E-state index contributed by atoms with van der Waals surface area (Å²) >= 11 is 0. The molecular weight excluding hydrogens is 582 g/mol. The number of benzene rings is 3. The summed E-state index contributed by atoms with van der Waals surface area (Å²) in [6.07, 6.45) is 11.2. The quantitative estimate of drug-likeness (QED) is 0.115. The lowest BCUT2D eigenvalue weighted by atomic mass is 9.91. The summed E-state index contributed by atoms with van der Waals surface area (Å²) in [6, 6.07) is 37.7. The minimum absolute atomic E-state index is 0.488. The Morgan fingerprint density at radius 1 is 0.568 bits per heavy atom. The Morgan fingerprint density at radius 2 is 0.977 bits per heavy atom. The van der Waals surface area contributed by atoms with Crippen LogP contribution in [0.15, 0.2) is 72.8 Å². The van der Waals surface area contributed by atoms with E-state index in [0.29, 0.717) is 5.66 Å². The Kier molecular flexibility index (Phi) is 13.1. The van der Waals surface area contributed by atoms with Gasteiger partial charge in [0.05, 0.1) is 21.8 Å². The Balaban J connectivity index is 1.92. The first kappa shape index (κ1) is 35.3. The first-order valence-electron chi connectivity index (χ1n) is 18.3. The maximum Gasteiger partial charge on any atom is 0.146 e. The molecule has 0 fully saturated rings. The zero-order chi connectivity index (χ0) is 31.6. The van der Waals surface area contributed by atoms with Crippen LogP contribution in [0.2, 0.25) is 36.3 Å². The Morgan fingerprint density at radius 3 is 1.39 bits per heavy atom. The van der Waals surface area contributed by atoms with Crippen molar-refractivity contribution in [1.29, 1.82) is 0 Å². The monoisotopic (exact) mass is 644 g/mol. The van der Waals surface area contributed by atoms with Gasteiger partial charge in [0.2, 0.25) is 0 Å². The van der Waals surface area contributed by atoms with Crippen molar-refractivity contribution in [3.63, 3.8) is 0 Å². The van der Waals surface area contributed by atoms with Crippen molar-refractivity contribution < 1.29 is 0 Å². The summed E-state index contributed by atoms with van der Waals surface area (Å²) in [4.78, 5) is 0. The van der Waals surface area contributed by atoms with Gasteiger partial charge < -0.3 is 0 Å². The van der Waals surface area contributed by atoms with Gasteiger partial charge in [-0.25, -0.2) is 0 Å². The van der Waals surface area contributed by atoms with E-state index in [2.05, 4.69) is 114 Å². The highest BCUT2D eigenvalue weighted by Crippen LogP contribution is 2.57. The van der Waals surface area contributed by atoms with Gasteiger partial charge in [-0.1, -0.05) is 175 Å². The Labute approximate surface area is 274 Å². The second-order valence-corrected chi connectivity index (χ2v) is 26.7. The van der Waals surface area contributed by atoms with Crippen LogP contribution < -0.4 is 26.5 Å². The van der Waals surface area contributed by atoms with Crippen LogP contribution in [0.25, 0.3) is 0 Å². The standard InChI is InChI=1S/C40H63NPSi2/c1-7-25-43(26-8-2,27-9-3)39-21-15-19-36(32-39)42(41,38-24-23-34-17-13-14-18-35(34)31-38)37-20-16-22-40(33-37)44(28-10-4,29-11-5)30-12-6/h13-22,32-33,38H,7-12,23-31,41H2,1-6H3/q+1. The van der Waals surface area contributed by atoms with Crippen molar-refractivity contribution in [1.82, 2.24) is 0 Å². The summed E-state index contributed by atoms with van der Waals surface area (Å²) in [6.45, 7) is 14.4. The molecule has 4 heteroatoms. The van der Waals surface area contributed by atoms with Crippen LogP contribution >= 0.6 is 7.41 Å². The minimum Gasteiger partial charge on any atom is -0.195 e. The van der Waals surface area contributed by atoms with Gasteiger partial charge in [0.15, 0.2) is 0 Å². The van der Waals surface area contributed by atoms with Gasteiger partial charge in [-0.05, 0) is 48.2 Å². The van der Waals surface area contributed by atoms with Crippen molar-refractivity contribution in [2.45, 2.75) is 141 Å². The summed E-state index contributed by atoms with van der Waals surface area (Å²) in [7, 11) is -5.35. The largest absolute Gasteiger partial charge is 0.195 e. The van der Waals surface area contributed by atoms with Gasteiger partial charge >= 0.3 is 0 Å². The first-order valence-corrected chi connectivity index (χ1v) is 25.5. The van der Waals surface area contributed by atoms with Gasteiger partial charge in [-0.2, -0.15) is 5.50 Å². The molecule has 240 valence electrons. The maximum atomic E-state index is 8.18. The van der Waals surface area contributed by atoms with Crippen molar-refractivity contribution in [3.8, 4) is 0 Å². The molecule has 1 aliphatic carbocycles. The number of hydrogen-bond acceptors (Lipinski definition) is 1. The van der Waals surface area contributed by atoms with E-state index in [9.17, 15) is 0 Å². The normalized spacial score (nSPS) is 15.8. The van der Waals surface area contributed by atoms with Crippen molar-refractivity contribution in [3.05, 3.63) is 83.9 Å². The highest BCUT2D eigenvalue weighted by Gasteiger charge is 2.49. The third-order valence-electron chi connectivity index (χ3n) is 11.0. The van der Waals surface area contributed by atoms with E-state index in [-0.39, 0.29) is 0 Å². The molecule has 0 spiro atoms. The molecule has 1 atom stereocenters. The molecule has 3 aromatic carbocycles. The second kappa shape index (κ2) is 16.4. The van der Waals surface area contributed by atoms with Crippen LogP contribution in [-0.2, 0) is 12.8 Å². The maximum absolute atomic E-state index is 8.18. The molecule has 1 nitrogen and oxygen atoms in total. The predicted molar refractivity (Wildman–Crippen MR) is 207 cm³/mol. The molecule has 0 aromatic heterocycles. The van der Waals surface area contributed by atoms with E-state index in [1.807, 2.05) is 0 Å². The highest BCUT2D eigenvalue weighted by molar-refractivity contribution is 7.88. The van der Waals surface area contributed by atoms with E-state index in [1.54, 1.807) is 15.9 Å². The molecule has 0 amide bonds. The fourth-order valence-corrected chi connectivity index (χ4v) is 23.8. The van der Waals surface area contributed by atoms with Gasteiger partial charge in [-0.15, -0.1) is 0 Å². The zero-order valence-electron chi connectivity index (χ0n) is 29.1. The van der Waals surface area contributed by atoms with Crippen LogP contribution in [0, 0.1) is 0 Å².